The van der Waals surface area contributed by atoms with Crippen LogP contribution in [0.4, 0.5) is 11.4 Å². The molecule has 0 unspecified atom stereocenters. The summed E-state index contributed by atoms with van der Waals surface area (Å²) in [6.07, 6.45) is 7.81. The molecule has 0 saturated heterocycles. The second kappa shape index (κ2) is 12.5. The summed E-state index contributed by atoms with van der Waals surface area (Å²) < 4.78 is 27.3. The zero-order chi connectivity index (χ0) is 27.3. The van der Waals surface area contributed by atoms with Gasteiger partial charge in [-0.1, -0.05) is 57.7 Å². The second-order valence-electron chi connectivity index (χ2n) is 10.6. The predicted molar refractivity (Wildman–Crippen MR) is 158 cm³/mol. The molecule has 0 bridgehead atoms. The molecule has 37 heavy (non-hydrogen) atoms. The number of hydrogen-bond acceptors (Lipinski definition) is 6. The van der Waals surface area contributed by atoms with Crippen molar-refractivity contribution in [3.63, 3.8) is 0 Å². The van der Waals surface area contributed by atoms with Gasteiger partial charge in [0.25, 0.3) is 0 Å². The van der Waals surface area contributed by atoms with Crippen LogP contribution in [0.25, 0.3) is 0 Å². The molecule has 0 spiro atoms. The first-order valence-corrected chi connectivity index (χ1v) is 17.0. The van der Waals surface area contributed by atoms with E-state index in [-0.39, 0.29) is 11.2 Å². The third-order valence-electron chi connectivity index (χ3n) is 7.27. The molecule has 1 N–H and O–H groups in total. The van der Waals surface area contributed by atoms with Crippen molar-refractivity contribution in [3.8, 4) is 0 Å². The van der Waals surface area contributed by atoms with Crippen molar-refractivity contribution in [1.29, 1.82) is 0 Å². The van der Waals surface area contributed by atoms with E-state index in [4.69, 9.17) is 0 Å². The molecule has 3 rings (SSSR count). The number of fused-ring (bicyclic) bond motifs is 1. The van der Waals surface area contributed by atoms with Crippen molar-refractivity contribution in [2.75, 3.05) is 23.5 Å². The van der Waals surface area contributed by atoms with E-state index in [0.717, 1.165) is 60.4 Å². The number of carbonyl (C=O) groups is 1. The number of para-hydroxylation sites is 1. The van der Waals surface area contributed by atoms with Gasteiger partial charge in [-0.15, -0.1) is 23.5 Å². The fourth-order valence-corrected chi connectivity index (χ4v) is 8.73. The minimum Gasteiger partial charge on any atom is -0.480 e. The Labute approximate surface area is 231 Å². The van der Waals surface area contributed by atoms with Crippen LogP contribution in [0.5, 0.6) is 0 Å². The highest BCUT2D eigenvalue weighted by Gasteiger charge is 2.42. The van der Waals surface area contributed by atoms with Crippen molar-refractivity contribution in [2.24, 2.45) is 5.41 Å². The standard InChI is InChI=1S/C29H41NO4S3/c1-6-8-15-29(16-9-7-2)20-30(23-13-11-10-12-14-23)24-18-25(35-5)22(17-26(24)37(33,34)21-29)19-36-28(3,4)27(31)32/h10-14,17-18H,6-9,15-16,19-21H2,1-5H3,(H,31,32). The molecule has 1 aliphatic rings. The number of sulfone groups is 1. The molecule has 0 aliphatic carbocycles. The number of carboxylic acid groups (broad SMARTS) is 1. The first-order chi connectivity index (χ1) is 17.5. The number of unbranched alkanes of at least 4 members (excludes halogenated alkanes) is 2. The molecule has 2 aromatic carbocycles. The molecule has 1 heterocycles. The number of rotatable bonds is 12. The van der Waals surface area contributed by atoms with Crippen molar-refractivity contribution in [3.05, 3.63) is 48.0 Å². The Morgan fingerprint density at radius 2 is 1.70 bits per heavy atom. The smallest absolute Gasteiger partial charge is 0.319 e. The quantitative estimate of drug-likeness (QED) is 0.264. The van der Waals surface area contributed by atoms with Crippen molar-refractivity contribution in [2.45, 2.75) is 86.5 Å². The monoisotopic (exact) mass is 563 g/mol. The molecule has 1 aliphatic heterocycles. The molecule has 0 aromatic heterocycles. The van der Waals surface area contributed by atoms with Crippen molar-refractivity contribution < 1.29 is 18.3 Å². The van der Waals surface area contributed by atoms with E-state index in [1.54, 1.807) is 25.6 Å². The molecule has 0 fully saturated rings. The molecule has 204 valence electrons. The normalized spacial score (nSPS) is 16.7. The van der Waals surface area contributed by atoms with Gasteiger partial charge in [0, 0.05) is 28.3 Å². The van der Waals surface area contributed by atoms with Crippen LogP contribution in [0.1, 0.15) is 71.8 Å². The Kier molecular flexibility index (Phi) is 10.1. The number of nitrogens with zero attached hydrogens (tertiary/aromatic N) is 1. The lowest BCUT2D eigenvalue weighted by atomic mass is 9.79. The van der Waals surface area contributed by atoms with Gasteiger partial charge in [-0.2, -0.15) is 0 Å². The average Bonchev–Trinajstić information content (AvgIpc) is 2.97. The summed E-state index contributed by atoms with van der Waals surface area (Å²) in [6.45, 7) is 8.36. The average molecular weight is 564 g/mol. The van der Waals surface area contributed by atoms with Crippen LogP contribution in [0.3, 0.4) is 0 Å². The number of aliphatic carboxylic acids is 1. The highest BCUT2D eigenvalue weighted by Crippen LogP contribution is 2.47. The third kappa shape index (κ3) is 7.07. The lowest BCUT2D eigenvalue weighted by Crippen LogP contribution is -2.38. The van der Waals surface area contributed by atoms with Gasteiger partial charge in [-0.25, -0.2) is 8.42 Å². The Morgan fingerprint density at radius 1 is 1.08 bits per heavy atom. The van der Waals surface area contributed by atoms with Gasteiger partial charge < -0.3 is 10.0 Å². The van der Waals surface area contributed by atoms with Crippen LogP contribution in [-0.4, -0.2) is 42.8 Å². The molecule has 0 radical (unpaired) electrons. The molecule has 2 aromatic rings. The maximum atomic E-state index is 14.1. The first kappa shape index (κ1) is 29.9. The van der Waals surface area contributed by atoms with Gasteiger partial charge in [0.1, 0.15) is 4.75 Å². The molecule has 0 amide bonds. The molecule has 8 heteroatoms. The summed E-state index contributed by atoms with van der Waals surface area (Å²) in [5.41, 5.74) is 2.27. The number of thioether (sulfide) groups is 2. The SMILES string of the molecule is CCCCC1(CCCC)CN(c2ccccc2)c2cc(SC)c(CSC(C)(C)C(=O)O)cc2S(=O)(=O)C1. The summed E-state index contributed by atoms with van der Waals surface area (Å²) in [5.74, 6) is -0.305. The maximum absolute atomic E-state index is 14.1. The van der Waals surface area contributed by atoms with E-state index >= 15 is 0 Å². The van der Waals surface area contributed by atoms with Gasteiger partial charge in [-0.05, 0) is 62.8 Å². The van der Waals surface area contributed by atoms with Gasteiger partial charge in [0.05, 0.1) is 16.3 Å². The van der Waals surface area contributed by atoms with Crippen LogP contribution in [0, 0.1) is 5.41 Å². The summed E-state index contributed by atoms with van der Waals surface area (Å²) in [6, 6.07) is 14.0. The highest BCUT2D eigenvalue weighted by molar-refractivity contribution is 8.00. The van der Waals surface area contributed by atoms with Gasteiger partial charge >= 0.3 is 5.97 Å². The van der Waals surface area contributed by atoms with E-state index in [9.17, 15) is 18.3 Å². The maximum Gasteiger partial charge on any atom is 0.319 e. The topological polar surface area (TPSA) is 74.7 Å². The van der Waals surface area contributed by atoms with Crippen LogP contribution in [0.15, 0.2) is 52.3 Å². The zero-order valence-corrected chi connectivity index (χ0v) is 25.2. The molecular weight excluding hydrogens is 523 g/mol. The van der Waals surface area contributed by atoms with E-state index < -0.39 is 20.6 Å². The number of anilines is 2. The number of carboxylic acids is 1. The van der Waals surface area contributed by atoms with E-state index in [0.29, 0.717) is 17.2 Å². The Bertz CT molecular complexity index is 1170. The number of benzene rings is 2. The minimum atomic E-state index is -3.58. The molecule has 5 nitrogen and oxygen atoms in total. The summed E-state index contributed by atoms with van der Waals surface area (Å²) >= 11 is 2.90. The van der Waals surface area contributed by atoms with Crippen LogP contribution in [-0.2, 0) is 20.4 Å². The highest BCUT2D eigenvalue weighted by atomic mass is 32.2. The summed E-state index contributed by atoms with van der Waals surface area (Å²) in [4.78, 5) is 15.3. The lowest BCUT2D eigenvalue weighted by molar-refractivity contribution is -0.138. The largest absolute Gasteiger partial charge is 0.480 e. The summed E-state index contributed by atoms with van der Waals surface area (Å²) in [5, 5.41) is 9.59. The lowest BCUT2D eigenvalue weighted by Gasteiger charge is -2.37. The fourth-order valence-electron chi connectivity index (χ4n) is 4.99. The zero-order valence-electron chi connectivity index (χ0n) is 22.7. The van der Waals surface area contributed by atoms with Gasteiger partial charge in [-0.3, -0.25) is 4.79 Å². The van der Waals surface area contributed by atoms with E-state index in [1.807, 2.05) is 36.6 Å². The van der Waals surface area contributed by atoms with Crippen molar-refractivity contribution in [1.82, 2.24) is 0 Å². The van der Waals surface area contributed by atoms with Crippen molar-refractivity contribution >= 4 is 50.7 Å². The minimum absolute atomic E-state index is 0.141. The van der Waals surface area contributed by atoms with Crippen LogP contribution < -0.4 is 4.90 Å². The van der Waals surface area contributed by atoms with Crippen LogP contribution in [0.2, 0.25) is 0 Å². The number of hydrogen-bond donors (Lipinski definition) is 1. The molecule has 0 saturated carbocycles. The molecule has 0 atom stereocenters. The second-order valence-corrected chi connectivity index (χ2v) is 15.0. The van der Waals surface area contributed by atoms with E-state index in [1.165, 1.54) is 11.8 Å². The van der Waals surface area contributed by atoms with E-state index in [2.05, 4.69) is 30.9 Å². The van der Waals surface area contributed by atoms with Crippen LogP contribution >= 0.6 is 23.5 Å². The Hall–Kier alpha value is -1.64. The summed E-state index contributed by atoms with van der Waals surface area (Å²) in [7, 11) is -3.58. The Morgan fingerprint density at radius 3 is 2.24 bits per heavy atom. The first-order valence-electron chi connectivity index (χ1n) is 13.1. The third-order valence-corrected chi connectivity index (χ3v) is 11.4. The van der Waals surface area contributed by atoms with Gasteiger partial charge in [0.15, 0.2) is 9.84 Å². The van der Waals surface area contributed by atoms with Gasteiger partial charge in [0.2, 0.25) is 0 Å². The predicted octanol–water partition coefficient (Wildman–Crippen LogP) is 7.80. The fraction of sp³-hybridized carbons (Fsp3) is 0.552. The Balaban J connectivity index is 2.20. The molecular formula is C29H41NO4S3.